The van der Waals surface area contributed by atoms with Crippen LogP contribution in [0.25, 0.3) is 0 Å². The molecule has 0 heterocycles. The molecular weight excluding hydrogens is 656 g/mol. The van der Waals surface area contributed by atoms with Gasteiger partial charge in [0.15, 0.2) is 0 Å². The van der Waals surface area contributed by atoms with Crippen molar-refractivity contribution < 1.29 is 38.8 Å². The Hall–Kier alpha value is -2.19. The van der Waals surface area contributed by atoms with E-state index >= 15 is 0 Å². The van der Waals surface area contributed by atoms with Gasteiger partial charge in [-0.3, -0.25) is 9.59 Å². The summed E-state index contributed by atoms with van der Waals surface area (Å²) in [4.78, 5) is 37.0. The van der Waals surface area contributed by atoms with Crippen LogP contribution in [0, 0.1) is 5.41 Å². The lowest BCUT2D eigenvalue weighted by Gasteiger charge is -2.30. The highest BCUT2D eigenvalue weighted by Gasteiger charge is 2.36. The fraction of sp³-hybridized carbons (Fsp3) is 0.841. The minimum Gasteiger partial charge on any atom is -0.465 e. The number of rotatable bonds is 38. The van der Waals surface area contributed by atoms with E-state index in [1.807, 2.05) is 0 Å². The number of hydrogen-bond donors (Lipinski definition) is 2. The zero-order valence-electron chi connectivity index (χ0n) is 33.9. The van der Waals surface area contributed by atoms with Gasteiger partial charge in [-0.15, -0.1) is 0 Å². The summed E-state index contributed by atoms with van der Waals surface area (Å²) < 4.78 is 16.1. The van der Waals surface area contributed by atoms with Gasteiger partial charge in [0.25, 0.3) is 0 Å². The largest absolute Gasteiger partial charge is 0.465 e. The van der Waals surface area contributed by atoms with Crippen LogP contribution in [0.15, 0.2) is 24.3 Å². The summed E-state index contributed by atoms with van der Waals surface area (Å²) in [5.74, 6) is -1.68. The minimum atomic E-state index is -1.34. The van der Waals surface area contributed by atoms with Crippen LogP contribution in [-0.4, -0.2) is 60.7 Å². The van der Waals surface area contributed by atoms with Gasteiger partial charge in [-0.25, -0.2) is 4.79 Å². The third-order valence-electron chi connectivity index (χ3n) is 9.56. The number of esters is 3. The molecule has 0 aliphatic heterocycles. The normalized spacial score (nSPS) is 12.5. The third-order valence-corrected chi connectivity index (χ3v) is 9.56. The molecule has 0 radical (unpaired) electrons. The monoisotopic (exact) mass is 737 g/mol. The molecule has 0 rings (SSSR count). The maximum atomic E-state index is 12.5. The molecule has 0 aromatic rings. The fourth-order valence-electron chi connectivity index (χ4n) is 5.90. The number of unbranched alkanes of at least 4 members (excludes halogenated alkanes) is 22. The van der Waals surface area contributed by atoms with Crippen molar-refractivity contribution in [1.29, 1.82) is 0 Å². The average molecular weight is 737 g/mol. The molecule has 0 fully saturated rings. The second-order valence-corrected chi connectivity index (χ2v) is 14.9. The second kappa shape index (κ2) is 37.1. The predicted molar refractivity (Wildman–Crippen MR) is 213 cm³/mol. The Morgan fingerprint density at radius 2 is 0.808 bits per heavy atom. The maximum Gasteiger partial charge on any atom is 0.334 e. The summed E-state index contributed by atoms with van der Waals surface area (Å²) >= 11 is 0. The first-order chi connectivity index (χ1) is 25.3. The predicted octanol–water partition coefficient (Wildman–Crippen LogP) is 11.1. The Morgan fingerprint density at radius 3 is 1.13 bits per heavy atom. The number of hydrogen-bond acceptors (Lipinski definition) is 8. The number of allylic oxidation sites excluding steroid dienone is 4. The molecule has 8 nitrogen and oxygen atoms in total. The molecule has 0 aromatic heterocycles. The molecule has 0 saturated heterocycles. The van der Waals surface area contributed by atoms with Crippen LogP contribution >= 0.6 is 0 Å². The molecular formula is C44H80O8. The third kappa shape index (κ3) is 32.5. The quantitative estimate of drug-likeness (QED) is 0.0278. The summed E-state index contributed by atoms with van der Waals surface area (Å²) in [6.45, 7) is 4.37. The van der Waals surface area contributed by atoms with E-state index in [1.165, 1.54) is 96.8 Å². The molecule has 0 aliphatic rings. The van der Waals surface area contributed by atoms with Crippen molar-refractivity contribution in [2.45, 2.75) is 207 Å². The summed E-state index contributed by atoms with van der Waals surface area (Å²) in [5, 5.41) is 19.8. The zero-order valence-corrected chi connectivity index (χ0v) is 33.9. The molecule has 52 heavy (non-hydrogen) atoms. The van der Waals surface area contributed by atoms with Crippen LogP contribution in [0.3, 0.4) is 0 Å². The summed E-state index contributed by atoms with van der Waals surface area (Å²) in [5.41, 5.74) is -1.30. The van der Waals surface area contributed by atoms with Gasteiger partial charge in [0.2, 0.25) is 0 Å². The van der Waals surface area contributed by atoms with Gasteiger partial charge in [0.05, 0.1) is 12.0 Å². The van der Waals surface area contributed by atoms with E-state index in [9.17, 15) is 24.6 Å². The smallest absolute Gasteiger partial charge is 0.334 e. The van der Waals surface area contributed by atoms with E-state index < -0.39 is 36.0 Å². The molecule has 304 valence electrons. The topological polar surface area (TPSA) is 119 Å². The van der Waals surface area contributed by atoms with E-state index in [1.54, 1.807) is 0 Å². The van der Waals surface area contributed by atoms with Crippen LogP contribution in [0.4, 0.5) is 0 Å². The van der Waals surface area contributed by atoms with Crippen molar-refractivity contribution in [1.82, 2.24) is 0 Å². The lowest BCUT2D eigenvalue weighted by Crippen LogP contribution is -2.43. The van der Waals surface area contributed by atoms with Crippen LogP contribution in [0.1, 0.15) is 201 Å². The summed E-state index contributed by atoms with van der Waals surface area (Å²) in [6, 6.07) is 0. The van der Waals surface area contributed by atoms with Gasteiger partial charge >= 0.3 is 17.9 Å². The number of aliphatic hydroxyl groups is 2. The van der Waals surface area contributed by atoms with Crippen molar-refractivity contribution in [3.05, 3.63) is 24.3 Å². The minimum absolute atomic E-state index is 0.252. The second-order valence-electron chi connectivity index (χ2n) is 14.9. The van der Waals surface area contributed by atoms with Crippen LogP contribution in [0.5, 0.6) is 0 Å². The first-order valence-electron chi connectivity index (χ1n) is 21.4. The summed E-state index contributed by atoms with van der Waals surface area (Å²) in [6.07, 6.45) is 38.8. The van der Waals surface area contributed by atoms with Gasteiger partial charge in [0.1, 0.15) is 25.9 Å². The van der Waals surface area contributed by atoms with Gasteiger partial charge in [-0.05, 0) is 71.1 Å². The Morgan fingerprint density at radius 1 is 0.500 bits per heavy atom. The number of aliphatic hydroxyl groups excluding tert-OH is 2. The van der Waals surface area contributed by atoms with Crippen LogP contribution < -0.4 is 0 Å². The standard InChI is InChI=1S/C44H80O8/c1-4-6-8-10-12-14-16-18-20-22-24-26-28-30-32-34-41(47)50-37-44(36-45,39-52-43(49)40(3)46)38-51-42(48)35-33-31-29-27-25-23-21-19-17-15-13-11-9-7-5-2/h18-21,40,45-46H,4-17,22-39H2,1-3H3/b20-18-,21-19-. The SMILES string of the molecule is CCCCCCCC/C=C\CCCCCCCC(=O)OCC(CO)(COC(=O)CCCCCCC/C=C\CCCCCCCC)COC(=O)C(C)O. The Bertz CT molecular complexity index is 841. The van der Waals surface area contributed by atoms with E-state index in [4.69, 9.17) is 14.2 Å². The van der Waals surface area contributed by atoms with Crippen molar-refractivity contribution >= 4 is 17.9 Å². The molecule has 1 atom stereocenters. The van der Waals surface area contributed by atoms with Gasteiger partial charge in [-0.1, -0.05) is 141 Å². The number of carbonyl (C=O) groups is 3. The lowest BCUT2D eigenvalue weighted by molar-refractivity contribution is -0.169. The number of ether oxygens (including phenoxy) is 3. The molecule has 2 N–H and O–H groups in total. The van der Waals surface area contributed by atoms with E-state index in [0.29, 0.717) is 12.8 Å². The molecule has 0 amide bonds. The molecule has 0 aliphatic carbocycles. The average Bonchev–Trinajstić information content (AvgIpc) is 3.14. The first-order valence-corrected chi connectivity index (χ1v) is 21.4. The Labute approximate surface area is 318 Å². The van der Waals surface area contributed by atoms with E-state index in [0.717, 1.165) is 64.2 Å². The van der Waals surface area contributed by atoms with Gasteiger partial charge in [-0.2, -0.15) is 0 Å². The molecule has 8 heteroatoms. The lowest BCUT2D eigenvalue weighted by atomic mass is 9.92. The highest BCUT2D eigenvalue weighted by molar-refractivity contribution is 5.73. The van der Waals surface area contributed by atoms with Gasteiger partial charge in [0, 0.05) is 12.8 Å². The van der Waals surface area contributed by atoms with Crippen LogP contribution in [-0.2, 0) is 28.6 Å². The van der Waals surface area contributed by atoms with E-state index in [2.05, 4.69) is 38.2 Å². The van der Waals surface area contributed by atoms with Crippen molar-refractivity contribution in [3.63, 3.8) is 0 Å². The molecule has 1 unspecified atom stereocenters. The van der Waals surface area contributed by atoms with E-state index in [-0.39, 0.29) is 32.7 Å². The van der Waals surface area contributed by atoms with Gasteiger partial charge < -0.3 is 24.4 Å². The van der Waals surface area contributed by atoms with Crippen molar-refractivity contribution in [2.75, 3.05) is 26.4 Å². The number of carbonyl (C=O) groups excluding carboxylic acids is 3. The van der Waals surface area contributed by atoms with Crippen LogP contribution in [0.2, 0.25) is 0 Å². The molecule has 0 spiro atoms. The molecule has 0 aromatic carbocycles. The summed E-state index contributed by atoms with van der Waals surface area (Å²) in [7, 11) is 0. The Balaban J connectivity index is 4.28. The van der Waals surface area contributed by atoms with Crippen molar-refractivity contribution in [3.8, 4) is 0 Å². The highest BCUT2D eigenvalue weighted by atomic mass is 16.6. The molecule has 0 saturated carbocycles. The molecule has 0 bridgehead atoms. The highest BCUT2D eigenvalue weighted by Crippen LogP contribution is 2.21. The maximum absolute atomic E-state index is 12.5. The fourth-order valence-corrected chi connectivity index (χ4v) is 5.90. The zero-order chi connectivity index (χ0) is 38.4. The Kier molecular flexibility index (Phi) is 35.6. The van der Waals surface area contributed by atoms with Crippen molar-refractivity contribution in [2.24, 2.45) is 5.41 Å². The first kappa shape index (κ1) is 49.8.